The number of anilines is 1. The van der Waals surface area contributed by atoms with Crippen LogP contribution in [-0.4, -0.2) is 40.5 Å². The topological polar surface area (TPSA) is 67.3 Å². The monoisotopic (exact) mass is 409 g/mol. The van der Waals surface area contributed by atoms with Crippen LogP contribution in [0.1, 0.15) is 25.3 Å². The summed E-state index contributed by atoms with van der Waals surface area (Å²) in [5.74, 6) is 4.71. The minimum absolute atomic E-state index is 0.0916. The summed E-state index contributed by atoms with van der Waals surface area (Å²) in [5.41, 5.74) is 1.17. The number of alkyl halides is 2. The van der Waals surface area contributed by atoms with Gasteiger partial charge in [0, 0.05) is 35.1 Å². The highest BCUT2D eigenvalue weighted by molar-refractivity contribution is 6.01. The molecule has 0 spiro atoms. The van der Waals surface area contributed by atoms with Gasteiger partial charge in [-0.05, 0) is 43.9 Å². The van der Waals surface area contributed by atoms with Crippen molar-refractivity contribution in [2.75, 3.05) is 12.4 Å². The smallest absolute Gasteiger partial charge is 0.299 e. The average molecular weight is 409 g/mol. The van der Waals surface area contributed by atoms with Crippen molar-refractivity contribution in [3.05, 3.63) is 48.0 Å². The van der Waals surface area contributed by atoms with Gasteiger partial charge in [-0.15, -0.1) is 10.2 Å². The Bertz CT molecular complexity index is 1150. The number of phenols is 1. The predicted molar refractivity (Wildman–Crippen MR) is 112 cm³/mol. The van der Waals surface area contributed by atoms with E-state index in [9.17, 15) is 13.9 Å². The van der Waals surface area contributed by atoms with Gasteiger partial charge in [0.1, 0.15) is 11.4 Å². The molecule has 5 nitrogen and oxygen atoms in total. The van der Waals surface area contributed by atoms with E-state index in [0.717, 1.165) is 23.6 Å². The highest BCUT2D eigenvalue weighted by Gasteiger charge is 2.40. The maximum atomic E-state index is 12.3. The predicted octanol–water partition coefficient (Wildman–Crippen LogP) is 4.60. The molecule has 30 heavy (non-hydrogen) atoms. The second-order valence-electron chi connectivity index (χ2n) is 7.65. The lowest BCUT2D eigenvalue weighted by Gasteiger charge is -2.44. The van der Waals surface area contributed by atoms with E-state index < -0.39 is 6.43 Å². The molecule has 0 bridgehead atoms. The number of nitrogens with one attached hydrogen (secondary N) is 1. The minimum Gasteiger partial charge on any atom is -0.507 e. The largest absolute Gasteiger partial charge is 0.507 e. The summed E-state index contributed by atoms with van der Waals surface area (Å²) in [6.45, 7) is 2.08. The lowest BCUT2D eigenvalue weighted by atomic mass is 9.77. The number of aromatic hydroxyl groups is 1. The Morgan fingerprint density at radius 3 is 2.57 bits per heavy atom. The molecule has 1 aliphatic carbocycles. The van der Waals surface area contributed by atoms with Gasteiger partial charge < -0.3 is 15.2 Å². The lowest BCUT2D eigenvalue weighted by Crippen LogP contribution is -2.49. The van der Waals surface area contributed by atoms with Crippen molar-refractivity contribution < 1.29 is 18.6 Å². The zero-order chi connectivity index (χ0) is 21.3. The van der Waals surface area contributed by atoms with Gasteiger partial charge in [0.15, 0.2) is 5.82 Å². The second kappa shape index (κ2) is 7.88. The molecule has 0 atom stereocenters. The van der Waals surface area contributed by atoms with Crippen LogP contribution >= 0.6 is 0 Å². The zero-order valence-corrected chi connectivity index (χ0v) is 16.6. The van der Waals surface area contributed by atoms with Gasteiger partial charge in [-0.1, -0.05) is 30.2 Å². The number of hydrogen-bond donors (Lipinski definition) is 2. The summed E-state index contributed by atoms with van der Waals surface area (Å²) in [6.07, 6.45) is -0.967. The van der Waals surface area contributed by atoms with Crippen molar-refractivity contribution in [2.45, 2.75) is 37.8 Å². The molecule has 2 N–H and O–H groups in total. The normalized spacial score (nSPS) is 20.5. The first-order valence-corrected chi connectivity index (χ1v) is 9.59. The van der Waals surface area contributed by atoms with Crippen molar-refractivity contribution in [2.24, 2.45) is 0 Å². The molecule has 1 aliphatic rings. The third kappa shape index (κ3) is 3.91. The van der Waals surface area contributed by atoms with E-state index in [1.165, 1.54) is 6.07 Å². The standard InChI is InChI=1S/C23H21F2N3O2/c1-23(30-2)12-15(13-23)26-22-17-6-4-3-5-16(17)21(27-28-22)18-9-7-14(11-19(18)29)8-10-20(24)25/h3-7,9,11,15,20,29H,12-13H2,1-2H3,(H,26,28). The summed E-state index contributed by atoms with van der Waals surface area (Å²) in [4.78, 5) is 0. The molecular weight excluding hydrogens is 388 g/mol. The van der Waals surface area contributed by atoms with Crippen LogP contribution < -0.4 is 5.32 Å². The molecule has 0 unspecified atom stereocenters. The van der Waals surface area contributed by atoms with Crippen LogP contribution in [0.3, 0.4) is 0 Å². The Morgan fingerprint density at radius 1 is 1.17 bits per heavy atom. The molecule has 0 aliphatic heterocycles. The maximum absolute atomic E-state index is 12.3. The van der Waals surface area contributed by atoms with E-state index in [1.54, 1.807) is 25.2 Å². The fourth-order valence-corrected chi connectivity index (χ4v) is 3.80. The van der Waals surface area contributed by atoms with Crippen molar-refractivity contribution in [3.63, 3.8) is 0 Å². The minimum atomic E-state index is -2.72. The number of ether oxygens (including phenoxy) is 1. The molecule has 1 saturated carbocycles. The number of aromatic nitrogens is 2. The molecule has 0 saturated heterocycles. The summed E-state index contributed by atoms with van der Waals surface area (Å²) in [5, 5.41) is 24.3. The van der Waals surface area contributed by atoms with Crippen molar-refractivity contribution in [1.29, 1.82) is 0 Å². The quantitative estimate of drug-likeness (QED) is 0.617. The Morgan fingerprint density at radius 2 is 1.90 bits per heavy atom. The third-order valence-corrected chi connectivity index (χ3v) is 5.46. The number of methoxy groups -OCH3 is 1. The van der Waals surface area contributed by atoms with Gasteiger partial charge in [0.2, 0.25) is 0 Å². The SMILES string of the molecule is COC1(C)CC(Nc2nnc(-c3ccc(C#CC(F)F)cc3O)c3ccccc23)C1. The van der Waals surface area contributed by atoms with Crippen molar-refractivity contribution in [1.82, 2.24) is 10.2 Å². The molecule has 0 amide bonds. The first-order valence-electron chi connectivity index (χ1n) is 9.59. The Hall–Kier alpha value is -3.24. The van der Waals surface area contributed by atoms with Crippen LogP contribution in [0, 0.1) is 11.8 Å². The van der Waals surface area contributed by atoms with Crippen LogP contribution in [0.4, 0.5) is 14.6 Å². The molecule has 154 valence electrons. The van der Waals surface area contributed by atoms with Gasteiger partial charge in [-0.3, -0.25) is 0 Å². The van der Waals surface area contributed by atoms with Gasteiger partial charge in [0.25, 0.3) is 6.43 Å². The van der Waals surface area contributed by atoms with Crippen molar-refractivity contribution in [3.8, 4) is 28.8 Å². The average Bonchev–Trinajstić information content (AvgIpc) is 2.71. The number of halogens is 2. The Kier molecular flexibility index (Phi) is 5.27. The number of hydrogen-bond acceptors (Lipinski definition) is 5. The van der Waals surface area contributed by atoms with E-state index in [4.69, 9.17) is 4.74 Å². The van der Waals surface area contributed by atoms with E-state index in [-0.39, 0.29) is 17.4 Å². The highest BCUT2D eigenvalue weighted by atomic mass is 19.3. The summed E-state index contributed by atoms with van der Waals surface area (Å²) in [7, 11) is 1.72. The van der Waals surface area contributed by atoms with Crippen LogP contribution in [-0.2, 0) is 4.74 Å². The van der Waals surface area contributed by atoms with Crippen LogP contribution in [0.25, 0.3) is 22.0 Å². The van der Waals surface area contributed by atoms with Gasteiger partial charge in [-0.25, -0.2) is 0 Å². The molecule has 4 rings (SSSR count). The fourth-order valence-electron chi connectivity index (χ4n) is 3.80. The molecule has 1 heterocycles. The number of benzene rings is 2. The zero-order valence-electron chi connectivity index (χ0n) is 16.6. The molecule has 0 radical (unpaired) electrons. The Balaban J connectivity index is 1.68. The van der Waals surface area contributed by atoms with Gasteiger partial charge in [0.05, 0.1) is 5.60 Å². The molecule has 7 heteroatoms. The molecular formula is C23H21F2N3O2. The van der Waals surface area contributed by atoms with Crippen molar-refractivity contribution >= 4 is 16.6 Å². The first kappa shape index (κ1) is 20.0. The first-order chi connectivity index (χ1) is 14.4. The summed E-state index contributed by atoms with van der Waals surface area (Å²) in [6, 6.07) is 12.5. The van der Waals surface area contributed by atoms with Crippen LogP contribution in [0.2, 0.25) is 0 Å². The highest BCUT2D eigenvalue weighted by Crippen LogP contribution is 2.39. The fraction of sp³-hybridized carbons (Fsp3) is 0.304. The van der Waals surface area contributed by atoms with Crippen LogP contribution in [0.15, 0.2) is 42.5 Å². The van der Waals surface area contributed by atoms with E-state index in [1.807, 2.05) is 24.3 Å². The van der Waals surface area contributed by atoms with E-state index in [0.29, 0.717) is 22.6 Å². The summed E-state index contributed by atoms with van der Waals surface area (Å²) < 4.78 is 30.1. The molecule has 1 aromatic heterocycles. The van der Waals surface area contributed by atoms with Gasteiger partial charge >= 0.3 is 0 Å². The number of nitrogens with zero attached hydrogens (tertiary/aromatic N) is 2. The molecule has 1 fully saturated rings. The van der Waals surface area contributed by atoms with Crippen LogP contribution in [0.5, 0.6) is 5.75 Å². The molecule has 3 aromatic rings. The number of rotatable bonds is 4. The number of fused-ring (bicyclic) bond motifs is 1. The summed E-state index contributed by atoms with van der Waals surface area (Å²) >= 11 is 0. The third-order valence-electron chi connectivity index (χ3n) is 5.46. The Labute approximate surface area is 173 Å². The second-order valence-corrected chi connectivity index (χ2v) is 7.65. The van der Waals surface area contributed by atoms with E-state index in [2.05, 4.69) is 28.4 Å². The van der Waals surface area contributed by atoms with Gasteiger partial charge in [-0.2, -0.15) is 8.78 Å². The van der Waals surface area contributed by atoms with E-state index >= 15 is 0 Å². The number of phenolic OH excluding ortho intramolecular Hbond substituents is 1. The molecule has 2 aromatic carbocycles. The maximum Gasteiger partial charge on any atom is 0.299 e. The lowest BCUT2D eigenvalue weighted by molar-refractivity contribution is -0.0625.